The van der Waals surface area contributed by atoms with Gasteiger partial charge in [0.15, 0.2) is 11.5 Å². The Labute approximate surface area is 155 Å². The lowest BCUT2D eigenvalue weighted by molar-refractivity contribution is 0.0935. The Kier molecular flexibility index (Phi) is 5.92. The van der Waals surface area contributed by atoms with Crippen LogP contribution in [0.2, 0.25) is 0 Å². The van der Waals surface area contributed by atoms with Gasteiger partial charge >= 0.3 is 0 Å². The number of ether oxygens (including phenoxy) is 2. The minimum Gasteiger partial charge on any atom is -0.493 e. The standard InChI is InChI=1S/C23H25NO2/c1-24(2)22(18-12-6-4-7-13-18)23(19-14-8-5-9-15-19)26-21-17-11-10-16-20(21)25-3/h4-17,22-23H,1-3H3/t22-,23-/m1/s1. The van der Waals surface area contributed by atoms with Gasteiger partial charge in [-0.1, -0.05) is 72.8 Å². The molecule has 0 spiro atoms. The molecule has 0 aliphatic rings. The van der Waals surface area contributed by atoms with Gasteiger partial charge in [0.1, 0.15) is 6.10 Å². The fraction of sp³-hybridized carbons (Fsp3) is 0.217. The predicted molar refractivity (Wildman–Crippen MR) is 106 cm³/mol. The van der Waals surface area contributed by atoms with Crippen LogP contribution in [-0.4, -0.2) is 26.1 Å². The van der Waals surface area contributed by atoms with Crippen molar-refractivity contribution < 1.29 is 9.47 Å². The van der Waals surface area contributed by atoms with E-state index in [1.165, 1.54) is 5.56 Å². The molecule has 0 fully saturated rings. The SMILES string of the molecule is COc1ccccc1O[C@H](c1ccccc1)[C@@H](c1ccccc1)N(C)C. The van der Waals surface area contributed by atoms with Gasteiger partial charge in [0.25, 0.3) is 0 Å². The maximum Gasteiger partial charge on any atom is 0.162 e. The van der Waals surface area contributed by atoms with Gasteiger partial charge in [0.2, 0.25) is 0 Å². The van der Waals surface area contributed by atoms with Gasteiger partial charge in [0, 0.05) is 0 Å². The minimum absolute atomic E-state index is 0.0588. The molecule has 3 rings (SSSR count). The smallest absolute Gasteiger partial charge is 0.162 e. The van der Waals surface area contributed by atoms with E-state index in [0.29, 0.717) is 0 Å². The van der Waals surface area contributed by atoms with Crippen molar-refractivity contribution in [1.82, 2.24) is 4.90 Å². The van der Waals surface area contributed by atoms with Crippen LogP contribution in [0.1, 0.15) is 23.3 Å². The second-order valence-electron chi connectivity index (χ2n) is 6.42. The highest BCUT2D eigenvalue weighted by Crippen LogP contribution is 2.39. The summed E-state index contributed by atoms with van der Waals surface area (Å²) in [6.07, 6.45) is -0.176. The molecule has 134 valence electrons. The summed E-state index contributed by atoms with van der Waals surface area (Å²) in [5.41, 5.74) is 2.34. The van der Waals surface area contributed by atoms with Gasteiger partial charge in [-0.25, -0.2) is 0 Å². The largest absolute Gasteiger partial charge is 0.493 e. The van der Waals surface area contributed by atoms with Crippen LogP contribution in [0.5, 0.6) is 11.5 Å². The molecule has 3 heteroatoms. The number of nitrogens with zero attached hydrogens (tertiary/aromatic N) is 1. The molecular weight excluding hydrogens is 322 g/mol. The highest BCUT2D eigenvalue weighted by atomic mass is 16.5. The molecule has 0 N–H and O–H groups in total. The molecular formula is C23H25NO2. The first-order chi connectivity index (χ1) is 12.7. The van der Waals surface area contributed by atoms with Gasteiger partial charge in [-0.15, -0.1) is 0 Å². The zero-order valence-corrected chi connectivity index (χ0v) is 15.5. The Bertz CT molecular complexity index is 803. The maximum atomic E-state index is 6.53. The first kappa shape index (κ1) is 18.0. The Hall–Kier alpha value is -2.78. The Morgan fingerprint density at radius 1 is 0.654 bits per heavy atom. The highest BCUT2D eigenvalue weighted by Gasteiger charge is 2.29. The molecule has 0 saturated heterocycles. The second-order valence-corrected chi connectivity index (χ2v) is 6.42. The van der Waals surface area contributed by atoms with E-state index in [1.807, 2.05) is 48.5 Å². The summed E-state index contributed by atoms with van der Waals surface area (Å²) in [7, 11) is 5.83. The summed E-state index contributed by atoms with van der Waals surface area (Å²) >= 11 is 0. The zero-order chi connectivity index (χ0) is 18.4. The number of likely N-dealkylation sites (N-methyl/N-ethyl adjacent to an activating group) is 1. The van der Waals surface area contributed by atoms with Crippen LogP contribution < -0.4 is 9.47 Å². The van der Waals surface area contributed by atoms with Crippen molar-refractivity contribution in [3.8, 4) is 11.5 Å². The highest BCUT2D eigenvalue weighted by molar-refractivity contribution is 5.40. The van der Waals surface area contributed by atoms with Crippen LogP contribution in [0.4, 0.5) is 0 Å². The normalized spacial score (nSPS) is 13.2. The number of rotatable bonds is 7. The van der Waals surface area contributed by atoms with Crippen molar-refractivity contribution in [2.75, 3.05) is 21.2 Å². The number of hydrogen-bond acceptors (Lipinski definition) is 3. The molecule has 0 aromatic heterocycles. The van der Waals surface area contributed by atoms with E-state index in [-0.39, 0.29) is 12.1 Å². The Balaban J connectivity index is 2.05. The lowest BCUT2D eigenvalue weighted by atomic mass is 9.94. The molecule has 0 radical (unpaired) electrons. The maximum absolute atomic E-state index is 6.53. The summed E-state index contributed by atoms with van der Waals surface area (Å²) in [4.78, 5) is 2.20. The van der Waals surface area contributed by atoms with E-state index in [9.17, 15) is 0 Å². The van der Waals surface area contributed by atoms with Gasteiger partial charge in [-0.05, 0) is 37.4 Å². The zero-order valence-electron chi connectivity index (χ0n) is 15.5. The third-order valence-corrected chi connectivity index (χ3v) is 4.44. The van der Waals surface area contributed by atoms with Crippen LogP contribution in [0.3, 0.4) is 0 Å². The average Bonchev–Trinajstić information content (AvgIpc) is 2.69. The van der Waals surface area contributed by atoms with Crippen LogP contribution in [0.15, 0.2) is 84.9 Å². The summed E-state index contributed by atoms with van der Waals surface area (Å²) in [5, 5.41) is 0. The predicted octanol–water partition coefficient (Wildman–Crippen LogP) is 5.12. The van der Waals surface area contributed by atoms with Crippen molar-refractivity contribution in [2.24, 2.45) is 0 Å². The van der Waals surface area contributed by atoms with Gasteiger partial charge in [-0.3, -0.25) is 4.90 Å². The lowest BCUT2D eigenvalue weighted by Gasteiger charge is -2.33. The summed E-state index contributed by atoms with van der Waals surface area (Å²) < 4.78 is 12.0. The number of benzene rings is 3. The van der Waals surface area contributed by atoms with Crippen molar-refractivity contribution in [3.05, 3.63) is 96.1 Å². The van der Waals surface area contributed by atoms with E-state index in [2.05, 4.69) is 55.4 Å². The number of para-hydroxylation sites is 2. The lowest BCUT2D eigenvalue weighted by Crippen LogP contribution is -2.29. The fourth-order valence-corrected chi connectivity index (χ4v) is 3.20. The molecule has 0 amide bonds. The van der Waals surface area contributed by atoms with E-state index >= 15 is 0 Å². The molecule has 0 aliphatic carbocycles. The Morgan fingerprint density at radius 3 is 1.69 bits per heavy atom. The first-order valence-corrected chi connectivity index (χ1v) is 8.76. The average molecular weight is 347 g/mol. The molecule has 3 aromatic carbocycles. The molecule has 0 aliphatic heterocycles. The quantitative estimate of drug-likeness (QED) is 0.592. The summed E-state index contributed by atoms with van der Waals surface area (Å²) in [6.45, 7) is 0. The van der Waals surface area contributed by atoms with Gasteiger partial charge in [0.05, 0.1) is 13.2 Å². The van der Waals surface area contributed by atoms with Crippen molar-refractivity contribution in [3.63, 3.8) is 0 Å². The number of hydrogen-bond donors (Lipinski definition) is 0. The summed E-state index contributed by atoms with van der Waals surface area (Å²) in [6, 6.07) is 28.6. The van der Waals surface area contributed by atoms with Crippen molar-refractivity contribution in [2.45, 2.75) is 12.1 Å². The van der Waals surface area contributed by atoms with Crippen molar-refractivity contribution >= 4 is 0 Å². The summed E-state index contributed by atoms with van der Waals surface area (Å²) in [5.74, 6) is 1.48. The number of methoxy groups -OCH3 is 1. The molecule has 0 bridgehead atoms. The van der Waals surface area contributed by atoms with Crippen LogP contribution in [0, 0.1) is 0 Å². The molecule has 0 unspecified atom stereocenters. The fourth-order valence-electron chi connectivity index (χ4n) is 3.20. The molecule has 26 heavy (non-hydrogen) atoms. The molecule has 2 atom stereocenters. The van der Waals surface area contributed by atoms with E-state index in [1.54, 1.807) is 7.11 Å². The molecule has 0 saturated carbocycles. The minimum atomic E-state index is -0.176. The van der Waals surface area contributed by atoms with E-state index in [0.717, 1.165) is 17.1 Å². The second kappa shape index (κ2) is 8.54. The molecule has 3 aromatic rings. The van der Waals surface area contributed by atoms with Gasteiger partial charge < -0.3 is 9.47 Å². The molecule has 3 nitrogen and oxygen atoms in total. The van der Waals surface area contributed by atoms with Crippen LogP contribution in [-0.2, 0) is 0 Å². The van der Waals surface area contributed by atoms with Gasteiger partial charge in [-0.2, -0.15) is 0 Å². The topological polar surface area (TPSA) is 21.7 Å². The first-order valence-electron chi connectivity index (χ1n) is 8.76. The third-order valence-electron chi connectivity index (χ3n) is 4.44. The molecule has 0 heterocycles. The van der Waals surface area contributed by atoms with E-state index < -0.39 is 0 Å². The van der Waals surface area contributed by atoms with Crippen LogP contribution in [0.25, 0.3) is 0 Å². The third kappa shape index (κ3) is 4.06. The monoisotopic (exact) mass is 347 g/mol. The van der Waals surface area contributed by atoms with Crippen molar-refractivity contribution in [1.29, 1.82) is 0 Å². The Morgan fingerprint density at radius 2 is 1.15 bits per heavy atom. The van der Waals surface area contributed by atoms with Crippen LogP contribution >= 0.6 is 0 Å². The van der Waals surface area contributed by atoms with E-state index in [4.69, 9.17) is 9.47 Å².